The van der Waals surface area contributed by atoms with Gasteiger partial charge in [-0.15, -0.1) is 0 Å². The third-order valence-electron chi connectivity index (χ3n) is 3.57. The summed E-state index contributed by atoms with van der Waals surface area (Å²) in [5.41, 5.74) is 1.72. The first-order chi connectivity index (χ1) is 10.2. The van der Waals surface area contributed by atoms with Gasteiger partial charge in [0.15, 0.2) is 0 Å². The molecule has 1 aliphatic rings. The summed E-state index contributed by atoms with van der Waals surface area (Å²) in [5, 5.41) is 3.43. The molecule has 0 atom stereocenters. The Hall–Kier alpha value is -2.01. The van der Waals surface area contributed by atoms with Gasteiger partial charge in [-0.25, -0.2) is 14.4 Å². The second-order valence-corrected chi connectivity index (χ2v) is 5.49. The highest BCUT2D eigenvalue weighted by atomic mass is 19.1. The van der Waals surface area contributed by atoms with Gasteiger partial charge in [-0.2, -0.15) is 0 Å². The van der Waals surface area contributed by atoms with Gasteiger partial charge in [0.1, 0.15) is 5.82 Å². The topological polar surface area (TPSA) is 41.1 Å². The van der Waals surface area contributed by atoms with Gasteiger partial charge >= 0.3 is 0 Å². The smallest absolute Gasteiger partial charge is 0.225 e. The molecule has 4 nitrogen and oxygen atoms in total. The molecule has 0 spiro atoms. The van der Waals surface area contributed by atoms with E-state index < -0.39 is 0 Å². The van der Waals surface area contributed by atoms with Crippen molar-refractivity contribution in [3.8, 4) is 0 Å². The van der Waals surface area contributed by atoms with Gasteiger partial charge in [0.2, 0.25) is 5.95 Å². The molecule has 1 aliphatic carbocycles. The minimum absolute atomic E-state index is 0.199. The number of halogens is 1. The lowest BCUT2D eigenvalue weighted by atomic mass is 10.2. The van der Waals surface area contributed by atoms with Crippen molar-refractivity contribution in [2.75, 3.05) is 11.9 Å². The van der Waals surface area contributed by atoms with E-state index in [1.165, 1.54) is 18.9 Å². The molecule has 0 saturated heterocycles. The highest BCUT2D eigenvalue weighted by Gasteiger charge is 2.20. The summed E-state index contributed by atoms with van der Waals surface area (Å²) in [4.78, 5) is 10.6. The van der Waals surface area contributed by atoms with Crippen LogP contribution < -0.4 is 10.2 Å². The normalized spacial score (nSPS) is 14.2. The average Bonchev–Trinajstić information content (AvgIpc) is 3.32. The number of rotatable bonds is 6. The third-order valence-corrected chi connectivity index (χ3v) is 3.57. The van der Waals surface area contributed by atoms with Crippen molar-refractivity contribution in [2.45, 2.75) is 32.0 Å². The van der Waals surface area contributed by atoms with Gasteiger partial charge in [-0.1, -0.05) is 18.2 Å². The first-order valence-electron chi connectivity index (χ1n) is 7.21. The molecule has 110 valence electrons. The lowest BCUT2D eigenvalue weighted by Crippen LogP contribution is -2.20. The molecule has 1 fully saturated rings. The van der Waals surface area contributed by atoms with Gasteiger partial charge in [0, 0.05) is 49.7 Å². The molecule has 1 aromatic heterocycles. The second kappa shape index (κ2) is 6.18. The molecule has 0 amide bonds. The fraction of sp³-hybridized carbons (Fsp3) is 0.375. The standard InChI is InChI=1S/C16H19FN4/c1-21(11-13-4-2-3-5-15(13)17)16-19-9-12(10-20-16)8-18-14-6-7-14/h2-5,9-10,14,18H,6-8,11H2,1H3. The van der Waals surface area contributed by atoms with E-state index in [2.05, 4.69) is 15.3 Å². The molecule has 1 aromatic carbocycles. The minimum Gasteiger partial charge on any atom is -0.339 e. The summed E-state index contributed by atoms with van der Waals surface area (Å²) in [7, 11) is 1.86. The monoisotopic (exact) mass is 286 g/mol. The lowest BCUT2D eigenvalue weighted by molar-refractivity contribution is 0.607. The van der Waals surface area contributed by atoms with E-state index in [0.29, 0.717) is 24.1 Å². The van der Waals surface area contributed by atoms with E-state index in [0.717, 1.165) is 12.1 Å². The van der Waals surface area contributed by atoms with Crippen molar-refractivity contribution in [1.29, 1.82) is 0 Å². The molecule has 0 aliphatic heterocycles. The van der Waals surface area contributed by atoms with Crippen molar-refractivity contribution in [3.05, 3.63) is 53.6 Å². The quantitative estimate of drug-likeness (QED) is 0.886. The maximum absolute atomic E-state index is 13.6. The van der Waals surface area contributed by atoms with Crippen molar-refractivity contribution in [3.63, 3.8) is 0 Å². The van der Waals surface area contributed by atoms with Crippen LogP contribution in [-0.2, 0) is 13.1 Å². The van der Waals surface area contributed by atoms with Crippen LogP contribution in [0.25, 0.3) is 0 Å². The second-order valence-electron chi connectivity index (χ2n) is 5.49. The van der Waals surface area contributed by atoms with Gasteiger partial charge in [0.05, 0.1) is 0 Å². The van der Waals surface area contributed by atoms with Crippen molar-refractivity contribution in [2.24, 2.45) is 0 Å². The molecule has 1 saturated carbocycles. The number of hydrogen-bond acceptors (Lipinski definition) is 4. The predicted molar refractivity (Wildman–Crippen MR) is 80.4 cm³/mol. The fourth-order valence-electron chi connectivity index (χ4n) is 2.14. The molecule has 1 N–H and O–H groups in total. The van der Waals surface area contributed by atoms with Crippen LogP contribution in [0, 0.1) is 5.82 Å². The maximum atomic E-state index is 13.6. The molecule has 5 heteroatoms. The maximum Gasteiger partial charge on any atom is 0.225 e. The molecular formula is C16H19FN4. The van der Waals surface area contributed by atoms with Crippen LogP contribution in [0.2, 0.25) is 0 Å². The highest BCUT2D eigenvalue weighted by Crippen LogP contribution is 2.19. The number of aromatic nitrogens is 2. The number of anilines is 1. The van der Waals surface area contributed by atoms with E-state index in [1.54, 1.807) is 12.1 Å². The molecule has 0 bridgehead atoms. The molecule has 21 heavy (non-hydrogen) atoms. The van der Waals surface area contributed by atoms with Crippen LogP contribution in [-0.4, -0.2) is 23.1 Å². The van der Waals surface area contributed by atoms with Crippen molar-refractivity contribution in [1.82, 2.24) is 15.3 Å². The number of nitrogens with zero attached hydrogens (tertiary/aromatic N) is 3. The first-order valence-corrected chi connectivity index (χ1v) is 7.21. The zero-order valence-corrected chi connectivity index (χ0v) is 12.1. The van der Waals surface area contributed by atoms with E-state index in [-0.39, 0.29) is 5.82 Å². The summed E-state index contributed by atoms with van der Waals surface area (Å²) >= 11 is 0. The number of benzene rings is 1. The van der Waals surface area contributed by atoms with Crippen molar-refractivity contribution >= 4 is 5.95 Å². The summed E-state index contributed by atoms with van der Waals surface area (Å²) in [6.07, 6.45) is 6.19. The zero-order chi connectivity index (χ0) is 14.7. The van der Waals surface area contributed by atoms with Crippen LogP contribution in [0.5, 0.6) is 0 Å². The summed E-state index contributed by atoms with van der Waals surface area (Å²) < 4.78 is 13.6. The SMILES string of the molecule is CN(Cc1ccccc1F)c1ncc(CNC2CC2)cn1. The summed E-state index contributed by atoms with van der Waals surface area (Å²) in [6.45, 7) is 1.26. The Labute approximate surface area is 124 Å². The average molecular weight is 286 g/mol. The lowest BCUT2D eigenvalue weighted by Gasteiger charge is -2.17. The predicted octanol–water partition coefficient (Wildman–Crippen LogP) is 2.50. The number of nitrogens with one attached hydrogen (secondary N) is 1. The highest BCUT2D eigenvalue weighted by molar-refractivity contribution is 5.31. The Morgan fingerprint density at radius 1 is 1.24 bits per heavy atom. The minimum atomic E-state index is -0.199. The largest absolute Gasteiger partial charge is 0.339 e. The van der Waals surface area contributed by atoms with Gasteiger partial charge in [-0.3, -0.25) is 0 Å². The summed E-state index contributed by atoms with van der Waals surface area (Å²) in [5.74, 6) is 0.406. The Kier molecular flexibility index (Phi) is 4.10. The van der Waals surface area contributed by atoms with E-state index >= 15 is 0 Å². The molecule has 0 unspecified atom stereocenters. The van der Waals surface area contributed by atoms with Crippen LogP contribution in [0.3, 0.4) is 0 Å². The van der Waals surface area contributed by atoms with E-state index in [1.807, 2.05) is 30.4 Å². The van der Waals surface area contributed by atoms with E-state index in [9.17, 15) is 4.39 Å². The van der Waals surface area contributed by atoms with E-state index in [4.69, 9.17) is 0 Å². The number of hydrogen-bond donors (Lipinski definition) is 1. The van der Waals surface area contributed by atoms with Crippen LogP contribution in [0.1, 0.15) is 24.0 Å². The van der Waals surface area contributed by atoms with Crippen LogP contribution in [0.4, 0.5) is 10.3 Å². The molecular weight excluding hydrogens is 267 g/mol. The van der Waals surface area contributed by atoms with Gasteiger partial charge in [0.25, 0.3) is 0 Å². The summed E-state index contributed by atoms with van der Waals surface area (Å²) in [6, 6.07) is 7.45. The van der Waals surface area contributed by atoms with Gasteiger partial charge in [-0.05, 0) is 18.9 Å². The van der Waals surface area contributed by atoms with Crippen LogP contribution >= 0.6 is 0 Å². The Morgan fingerprint density at radius 2 is 1.95 bits per heavy atom. The zero-order valence-electron chi connectivity index (χ0n) is 12.1. The molecule has 0 radical (unpaired) electrons. The molecule has 3 rings (SSSR count). The van der Waals surface area contributed by atoms with Crippen LogP contribution in [0.15, 0.2) is 36.7 Å². The molecule has 1 heterocycles. The first kappa shape index (κ1) is 13.9. The fourth-order valence-corrected chi connectivity index (χ4v) is 2.14. The molecule has 2 aromatic rings. The van der Waals surface area contributed by atoms with Crippen molar-refractivity contribution < 1.29 is 4.39 Å². The van der Waals surface area contributed by atoms with Gasteiger partial charge < -0.3 is 10.2 Å². The Morgan fingerprint density at radius 3 is 2.62 bits per heavy atom. The Balaban J connectivity index is 1.61. The Bertz CT molecular complexity index is 595. The third kappa shape index (κ3) is 3.76.